The van der Waals surface area contributed by atoms with Crippen LogP contribution in [0.15, 0.2) is 0 Å². The summed E-state index contributed by atoms with van der Waals surface area (Å²) in [5, 5.41) is 0. The minimum atomic E-state index is 0.0176. The molecule has 12 heavy (non-hydrogen) atoms. The lowest BCUT2D eigenvalue weighted by Crippen LogP contribution is -2.42. The van der Waals surface area contributed by atoms with Gasteiger partial charge < -0.3 is 4.90 Å². The van der Waals surface area contributed by atoms with Crippen LogP contribution in [0.25, 0.3) is 0 Å². The van der Waals surface area contributed by atoms with Crippen LogP contribution in [0.2, 0.25) is 0 Å². The molecule has 2 nitrogen and oxygen atoms in total. The number of terminal acetylenes is 1. The van der Waals surface area contributed by atoms with Crippen LogP contribution in [-0.2, 0) is 4.79 Å². The largest absolute Gasteiger partial charge is 0.341 e. The fourth-order valence-corrected chi connectivity index (χ4v) is 1.93. The van der Waals surface area contributed by atoms with E-state index in [1.807, 2.05) is 4.90 Å². The average Bonchev–Trinajstić information content (AvgIpc) is 2.08. The Morgan fingerprint density at radius 3 is 3.17 bits per heavy atom. The smallest absolute Gasteiger partial charge is 0.236 e. The van der Waals surface area contributed by atoms with Gasteiger partial charge in [0.15, 0.2) is 0 Å². The molecule has 66 valence electrons. The van der Waals surface area contributed by atoms with Crippen LogP contribution in [0.1, 0.15) is 19.3 Å². The van der Waals surface area contributed by atoms with E-state index in [0.29, 0.717) is 13.0 Å². The number of hydrogen-bond acceptors (Lipinski definition) is 1. The van der Waals surface area contributed by atoms with Crippen molar-refractivity contribution >= 4 is 21.8 Å². The molecule has 0 N–H and O–H groups in total. The molecule has 0 aromatic rings. The number of carbonyl (C=O) groups excluding carboxylic acids is 1. The minimum Gasteiger partial charge on any atom is -0.341 e. The van der Waals surface area contributed by atoms with Crippen LogP contribution in [0, 0.1) is 12.3 Å². The van der Waals surface area contributed by atoms with Crippen molar-refractivity contribution < 1.29 is 4.79 Å². The standard InChI is InChI=1S/C9H12BrNO/c1-2-3-6-11-7-4-5-8(10)9(11)12/h1,8H,3-7H2. The van der Waals surface area contributed by atoms with E-state index in [0.717, 1.165) is 19.4 Å². The van der Waals surface area contributed by atoms with Crippen molar-refractivity contribution in [3.63, 3.8) is 0 Å². The lowest BCUT2D eigenvalue weighted by atomic mass is 10.1. The second kappa shape index (κ2) is 4.51. The van der Waals surface area contributed by atoms with Crippen LogP contribution < -0.4 is 0 Å². The third-order valence-corrected chi connectivity index (χ3v) is 2.84. The second-order valence-corrected chi connectivity index (χ2v) is 3.99. The van der Waals surface area contributed by atoms with Crippen molar-refractivity contribution in [1.29, 1.82) is 0 Å². The number of rotatable bonds is 2. The van der Waals surface area contributed by atoms with Gasteiger partial charge in [-0.15, -0.1) is 12.3 Å². The maximum absolute atomic E-state index is 11.4. The fraction of sp³-hybridized carbons (Fsp3) is 0.667. The Labute approximate surface area is 81.4 Å². The van der Waals surface area contributed by atoms with Gasteiger partial charge in [0.05, 0.1) is 4.83 Å². The molecule has 1 heterocycles. The first-order valence-electron chi connectivity index (χ1n) is 4.12. The number of carbonyl (C=O) groups is 1. The molecular formula is C9H12BrNO. The van der Waals surface area contributed by atoms with Crippen molar-refractivity contribution in [2.75, 3.05) is 13.1 Å². The highest BCUT2D eigenvalue weighted by Crippen LogP contribution is 2.18. The molecule has 0 radical (unpaired) electrons. The Morgan fingerprint density at radius 2 is 2.50 bits per heavy atom. The van der Waals surface area contributed by atoms with Gasteiger partial charge in [-0.2, -0.15) is 0 Å². The fourth-order valence-electron chi connectivity index (χ4n) is 1.31. The zero-order chi connectivity index (χ0) is 8.97. The topological polar surface area (TPSA) is 20.3 Å². The zero-order valence-corrected chi connectivity index (χ0v) is 8.51. The van der Waals surface area contributed by atoms with E-state index in [4.69, 9.17) is 6.42 Å². The number of halogens is 1. The van der Waals surface area contributed by atoms with E-state index in [1.165, 1.54) is 0 Å². The number of amides is 1. The SMILES string of the molecule is C#CCCN1CCCC(Br)C1=O. The summed E-state index contributed by atoms with van der Waals surface area (Å²) in [4.78, 5) is 13.3. The molecular weight excluding hydrogens is 218 g/mol. The molecule has 1 amide bonds. The Morgan fingerprint density at radius 1 is 1.75 bits per heavy atom. The summed E-state index contributed by atoms with van der Waals surface area (Å²) >= 11 is 3.34. The summed E-state index contributed by atoms with van der Waals surface area (Å²) in [7, 11) is 0. The third-order valence-electron chi connectivity index (χ3n) is 1.99. The molecule has 1 rings (SSSR count). The molecule has 0 aliphatic carbocycles. The molecule has 0 aromatic heterocycles. The van der Waals surface area contributed by atoms with Crippen molar-refractivity contribution in [2.24, 2.45) is 0 Å². The number of alkyl halides is 1. The predicted octanol–water partition coefficient (Wildman–Crippen LogP) is 1.40. The van der Waals surface area contributed by atoms with E-state index >= 15 is 0 Å². The Bertz CT molecular complexity index is 209. The third kappa shape index (κ3) is 2.25. The summed E-state index contributed by atoms with van der Waals surface area (Å²) in [5.41, 5.74) is 0. The van der Waals surface area contributed by atoms with Gasteiger partial charge in [0.25, 0.3) is 0 Å². The van der Waals surface area contributed by atoms with Gasteiger partial charge in [-0.1, -0.05) is 15.9 Å². The van der Waals surface area contributed by atoms with E-state index in [-0.39, 0.29) is 10.7 Å². The van der Waals surface area contributed by atoms with Gasteiger partial charge in [-0.3, -0.25) is 4.79 Å². The molecule has 1 saturated heterocycles. The lowest BCUT2D eigenvalue weighted by Gasteiger charge is -2.29. The maximum atomic E-state index is 11.4. The van der Waals surface area contributed by atoms with Gasteiger partial charge >= 0.3 is 0 Å². The maximum Gasteiger partial charge on any atom is 0.236 e. The summed E-state index contributed by atoms with van der Waals surface area (Å²) in [6.07, 6.45) is 7.81. The highest BCUT2D eigenvalue weighted by molar-refractivity contribution is 9.10. The van der Waals surface area contributed by atoms with E-state index in [9.17, 15) is 4.79 Å². The monoisotopic (exact) mass is 229 g/mol. The van der Waals surface area contributed by atoms with Gasteiger partial charge in [0.1, 0.15) is 0 Å². The minimum absolute atomic E-state index is 0.0176. The molecule has 1 atom stereocenters. The number of nitrogens with zero attached hydrogens (tertiary/aromatic N) is 1. The van der Waals surface area contributed by atoms with Gasteiger partial charge in [0.2, 0.25) is 5.91 Å². The first-order valence-corrected chi connectivity index (χ1v) is 5.03. The quantitative estimate of drug-likeness (QED) is 0.518. The Balaban J connectivity index is 2.42. The van der Waals surface area contributed by atoms with Crippen molar-refractivity contribution in [3.05, 3.63) is 0 Å². The van der Waals surface area contributed by atoms with Gasteiger partial charge in [0, 0.05) is 19.5 Å². The second-order valence-electron chi connectivity index (χ2n) is 2.89. The molecule has 1 unspecified atom stereocenters. The highest BCUT2D eigenvalue weighted by Gasteiger charge is 2.25. The van der Waals surface area contributed by atoms with Gasteiger partial charge in [-0.05, 0) is 12.8 Å². The van der Waals surface area contributed by atoms with Crippen molar-refractivity contribution in [1.82, 2.24) is 4.90 Å². The number of piperidine rings is 1. The molecule has 1 aliphatic rings. The summed E-state index contributed by atoms with van der Waals surface area (Å²) in [6.45, 7) is 1.57. The Hall–Kier alpha value is -0.490. The van der Waals surface area contributed by atoms with E-state index in [2.05, 4.69) is 21.9 Å². The lowest BCUT2D eigenvalue weighted by molar-refractivity contribution is -0.132. The first kappa shape index (κ1) is 9.60. The molecule has 0 saturated carbocycles. The van der Waals surface area contributed by atoms with Crippen LogP contribution in [0.4, 0.5) is 0 Å². The van der Waals surface area contributed by atoms with Crippen LogP contribution in [-0.4, -0.2) is 28.7 Å². The highest BCUT2D eigenvalue weighted by atomic mass is 79.9. The van der Waals surface area contributed by atoms with Crippen LogP contribution in [0.3, 0.4) is 0 Å². The van der Waals surface area contributed by atoms with Crippen LogP contribution in [0.5, 0.6) is 0 Å². The average molecular weight is 230 g/mol. The molecule has 0 aromatic carbocycles. The molecule has 1 fully saturated rings. The van der Waals surface area contributed by atoms with Crippen molar-refractivity contribution in [2.45, 2.75) is 24.1 Å². The summed E-state index contributed by atoms with van der Waals surface area (Å²) in [6, 6.07) is 0. The summed E-state index contributed by atoms with van der Waals surface area (Å²) in [5.74, 6) is 2.73. The van der Waals surface area contributed by atoms with Gasteiger partial charge in [-0.25, -0.2) is 0 Å². The number of likely N-dealkylation sites (tertiary alicyclic amines) is 1. The van der Waals surface area contributed by atoms with E-state index < -0.39 is 0 Å². The first-order chi connectivity index (χ1) is 5.75. The van der Waals surface area contributed by atoms with Crippen LogP contribution >= 0.6 is 15.9 Å². The zero-order valence-electron chi connectivity index (χ0n) is 6.92. The number of hydrogen-bond donors (Lipinski definition) is 0. The molecule has 0 spiro atoms. The molecule has 0 bridgehead atoms. The normalized spacial score (nSPS) is 23.8. The summed E-state index contributed by atoms with van der Waals surface area (Å²) < 4.78 is 0. The molecule has 3 heteroatoms. The predicted molar refractivity (Wildman–Crippen MR) is 52.0 cm³/mol. The van der Waals surface area contributed by atoms with Crippen molar-refractivity contribution in [3.8, 4) is 12.3 Å². The molecule has 1 aliphatic heterocycles. The Kier molecular flexibility index (Phi) is 3.61. The van der Waals surface area contributed by atoms with E-state index in [1.54, 1.807) is 0 Å².